The lowest BCUT2D eigenvalue weighted by Gasteiger charge is -2.07. The first-order chi connectivity index (χ1) is 8.90. The van der Waals surface area contributed by atoms with Crippen molar-refractivity contribution in [3.8, 4) is 0 Å². The molecule has 0 aliphatic carbocycles. The molecule has 0 fully saturated rings. The molecule has 6 heteroatoms. The Morgan fingerprint density at radius 1 is 1.53 bits per heavy atom. The van der Waals surface area contributed by atoms with Crippen LogP contribution in [0.2, 0.25) is 0 Å². The summed E-state index contributed by atoms with van der Waals surface area (Å²) in [5.41, 5.74) is 6.62. The number of aryl methyl sites for hydroxylation is 1. The van der Waals surface area contributed by atoms with Crippen LogP contribution < -0.4 is 11.1 Å². The van der Waals surface area contributed by atoms with Crippen molar-refractivity contribution >= 4 is 17.3 Å². The van der Waals surface area contributed by atoms with Gasteiger partial charge in [0.2, 0.25) is 5.91 Å². The lowest BCUT2D eigenvalue weighted by molar-refractivity contribution is -0.385. The minimum absolute atomic E-state index is 0.00776. The van der Waals surface area contributed by atoms with E-state index in [0.29, 0.717) is 24.1 Å². The fraction of sp³-hybridized carbons (Fsp3) is 0.462. The molecule has 104 valence electrons. The minimum atomic E-state index is -0.457. The average molecular weight is 265 g/mol. The van der Waals surface area contributed by atoms with E-state index in [2.05, 4.69) is 5.32 Å². The van der Waals surface area contributed by atoms with E-state index in [4.69, 9.17) is 5.73 Å². The van der Waals surface area contributed by atoms with Crippen LogP contribution in [0.1, 0.15) is 31.7 Å². The number of rotatable bonds is 6. The SMILES string of the molecule is Cc1ccc(NC(=O)CCCC(C)N)cc1[N+](=O)[O-]. The molecule has 0 spiro atoms. The second kappa shape index (κ2) is 6.84. The molecular formula is C13H19N3O3. The fourth-order valence-corrected chi connectivity index (χ4v) is 1.69. The van der Waals surface area contributed by atoms with Crippen LogP contribution in [0.5, 0.6) is 0 Å². The number of hydrogen-bond donors (Lipinski definition) is 2. The first-order valence-electron chi connectivity index (χ1n) is 6.20. The topological polar surface area (TPSA) is 98.3 Å². The van der Waals surface area contributed by atoms with Crippen LogP contribution in [-0.4, -0.2) is 16.9 Å². The fourth-order valence-electron chi connectivity index (χ4n) is 1.69. The molecule has 1 atom stereocenters. The molecule has 1 aromatic rings. The highest BCUT2D eigenvalue weighted by molar-refractivity contribution is 5.91. The van der Waals surface area contributed by atoms with Gasteiger partial charge in [0, 0.05) is 29.8 Å². The van der Waals surface area contributed by atoms with Crippen LogP contribution in [0.3, 0.4) is 0 Å². The largest absolute Gasteiger partial charge is 0.328 e. The van der Waals surface area contributed by atoms with Gasteiger partial charge in [-0.3, -0.25) is 14.9 Å². The van der Waals surface area contributed by atoms with Crippen molar-refractivity contribution in [2.24, 2.45) is 5.73 Å². The van der Waals surface area contributed by atoms with Crippen molar-refractivity contribution in [3.05, 3.63) is 33.9 Å². The van der Waals surface area contributed by atoms with Gasteiger partial charge in [0.25, 0.3) is 5.69 Å². The van der Waals surface area contributed by atoms with Gasteiger partial charge in [-0.15, -0.1) is 0 Å². The molecule has 0 aromatic heterocycles. The minimum Gasteiger partial charge on any atom is -0.328 e. The normalized spacial score (nSPS) is 11.9. The molecule has 0 aliphatic heterocycles. The second-order valence-electron chi connectivity index (χ2n) is 4.68. The van der Waals surface area contributed by atoms with Gasteiger partial charge in [0.05, 0.1) is 4.92 Å². The highest BCUT2D eigenvalue weighted by Gasteiger charge is 2.12. The van der Waals surface area contributed by atoms with Crippen molar-refractivity contribution in [1.29, 1.82) is 0 Å². The molecule has 0 saturated carbocycles. The van der Waals surface area contributed by atoms with Crippen LogP contribution in [0.4, 0.5) is 11.4 Å². The molecule has 1 aromatic carbocycles. The lowest BCUT2D eigenvalue weighted by atomic mass is 10.1. The third-order valence-corrected chi connectivity index (χ3v) is 2.75. The van der Waals surface area contributed by atoms with E-state index in [-0.39, 0.29) is 17.6 Å². The third kappa shape index (κ3) is 5.05. The Morgan fingerprint density at radius 2 is 2.21 bits per heavy atom. The molecule has 1 rings (SSSR count). The van der Waals surface area contributed by atoms with E-state index in [1.54, 1.807) is 19.1 Å². The number of nitrogens with zero attached hydrogens (tertiary/aromatic N) is 1. The molecule has 19 heavy (non-hydrogen) atoms. The van der Waals surface area contributed by atoms with E-state index in [0.717, 1.165) is 6.42 Å². The van der Waals surface area contributed by atoms with Gasteiger partial charge < -0.3 is 11.1 Å². The summed E-state index contributed by atoms with van der Waals surface area (Å²) in [6, 6.07) is 4.73. The maximum Gasteiger partial charge on any atom is 0.274 e. The molecule has 0 heterocycles. The van der Waals surface area contributed by atoms with Crippen LogP contribution in [0.15, 0.2) is 18.2 Å². The summed E-state index contributed by atoms with van der Waals surface area (Å²) < 4.78 is 0. The predicted octanol–water partition coefficient (Wildman–Crippen LogP) is 2.36. The molecule has 6 nitrogen and oxygen atoms in total. The monoisotopic (exact) mass is 265 g/mol. The van der Waals surface area contributed by atoms with E-state index in [9.17, 15) is 14.9 Å². The molecule has 0 bridgehead atoms. The standard InChI is InChI=1S/C13H19N3O3/c1-9-6-7-11(8-12(9)16(18)19)15-13(17)5-3-4-10(2)14/h6-8,10H,3-5,14H2,1-2H3,(H,15,17). The van der Waals surface area contributed by atoms with Gasteiger partial charge in [-0.2, -0.15) is 0 Å². The van der Waals surface area contributed by atoms with Gasteiger partial charge in [0.1, 0.15) is 0 Å². The average Bonchev–Trinajstić information content (AvgIpc) is 2.30. The molecular weight excluding hydrogens is 246 g/mol. The Bertz CT molecular complexity index is 472. The first kappa shape index (κ1) is 15.1. The number of anilines is 1. The highest BCUT2D eigenvalue weighted by Crippen LogP contribution is 2.22. The van der Waals surface area contributed by atoms with Crippen molar-refractivity contribution in [2.75, 3.05) is 5.32 Å². The summed E-state index contributed by atoms with van der Waals surface area (Å²) in [7, 11) is 0. The Morgan fingerprint density at radius 3 is 2.79 bits per heavy atom. The third-order valence-electron chi connectivity index (χ3n) is 2.75. The van der Waals surface area contributed by atoms with Gasteiger partial charge in [-0.05, 0) is 32.8 Å². The van der Waals surface area contributed by atoms with Crippen LogP contribution in [0, 0.1) is 17.0 Å². The summed E-state index contributed by atoms with van der Waals surface area (Å²) >= 11 is 0. The van der Waals surface area contributed by atoms with Gasteiger partial charge >= 0.3 is 0 Å². The van der Waals surface area contributed by atoms with E-state index < -0.39 is 4.92 Å². The maximum absolute atomic E-state index is 11.6. The van der Waals surface area contributed by atoms with Crippen molar-refractivity contribution in [1.82, 2.24) is 0 Å². The van der Waals surface area contributed by atoms with Crippen molar-refractivity contribution < 1.29 is 9.72 Å². The number of benzene rings is 1. The Hall–Kier alpha value is -1.95. The molecule has 3 N–H and O–H groups in total. The van der Waals surface area contributed by atoms with E-state index in [1.165, 1.54) is 6.07 Å². The Labute approximate surface area is 112 Å². The number of amides is 1. The van der Waals surface area contributed by atoms with Crippen molar-refractivity contribution in [3.63, 3.8) is 0 Å². The number of nitrogens with one attached hydrogen (secondary N) is 1. The zero-order valence-electron chi connectivity index (χ0n) is 11.2. The van der Waals surface area contributed by atoms with Gasteiger partial charge in [-0.25, -0.2) is 0 Å². The number of nitrogens with two attached hydrogens (primary N) is 1. The van der Waals surface area contributed by atoms with Crippen LogP contribution in [0.25, 0.3) is 0 Å². The number of hydrogen-bond acceptors (Lipinski definition) is 4. The van der Waals surface area contributed by atoms with E-state index in [1.807, 2.05) is 6.92 Å². The zero-order valence-corrected chi connectivity index (χ0v) is 11.2. The summed E-state index contributed by atoms with van der Waals surface area (Å²) in [5.74, 6) is -0.154. The molecule has 1 unspecified atom stereocenters. The smallest absolute Gasteiger partial charge is 0.274 e. The molecule has 0 aliphatic rings. The summed E-state index contributed by atoms with van der Waals surface area (Å²) in [5, 5.41) is 13.4. The highest BCUT2D eigenvalue weighted by atomic mass is 16.6. The number of nitro groups is 1. The molecule has 0 saturated heterocycles. The summed E-state index contributed by atoms with van der Waals surface area (Å²) in [4.78, 5) is 22.0. The van der Waals surface area contributed by atoms with E-state index >= 15 is 0 Å². The van der Waals surface area contributed by atoms with Crippen LogP contribution >= 0.6 is 0 Å². The van der Waals surface area contributed by atoms with Crippen LogP contribution in [-0.2, 0) is 4.79 Å². The lowest BCUT2D eigenvalue weighted by Crippen LogP contribution is -2.16. The number of carbonyl (C=O) groups excluding carboxylic acids is 1. The zero-order chi connectivity index (χ0) is 14.4. The van der Waals surface area contributed by atoms with Crippen molar-refractivity contribution in [2.45, 2.75) is 39.2 Å². The van der Waals surface area contributed by atoms with Gasteiger partial charge in [0.15, 0.2) is 0 Å². The molecule has 0 radical (unpaired) electrons. The maximum atomic E-state index is 11.6. The summed E-state index contributed by atoms with van der Waals surface area (Å²) in [6.07, 6.45) is 1.85. The quantitative estimate of drug-likeness (QED) is 0.609. The molecule has 1 amide bonds. The first-order valence-corrected chi connectivity index (χ1v) is 6.20. The van der Waals surface area contributed by atoms with Gasteiger partial charge in [-0.1, -0.05) is 6.07 Å². The Kier molecular flexibility index (Phi) is 5.44. The number of nitro benzene ring substituents is 1. The Balaban J connectivity index is 2.60. The predicted molar refractivity (Wildman–Crippen MR) is 74.0 cm³/mol. The second-order valence-corrected chi connectivity index (χ2v) is 4.68. The number of carbonyl (C=O) groups is 1. The summed E-state index contributed by atoms with van der Waals surface area (Å²) in [6.45, 7) is 3.55.